The molecule has 2 N–H and O–H groups in total. The van der Waals surface area contributed by atoms with E-state index in [1.807, 2.05) is 0 Å². The summed E-state index contributed by atoms with van der Waals surface area (Å²) in [6.45, 7) is 2.30. The van der Waals surface area contributed by atoms with Gasteiger partial charge in [-0.2, -0.15) is 0 Å². The third-order valence-electron chi connectivity index (χ3n) is 4.39. The third kappa shape index (κ3) is 3.95. The maximum absolute atomic E-state index is 13.8. The van der Waals surface area contributed by atoms with Crippen LogP contribution >= 0.6 is 11.6 Å². The maximum Gasteiger partial charge on any atom is 0.254 e. The Morgan fingerprint density at radius 3 is 2.76 bits per heavy atom. The van der Waals surface area contributed by atoms with Crippen molar-refractivity contribution in [2.75, 3.05) is 6.54 Å². The summed E-state index contributed by atoms with van der Waals surface area (Å²) < 4.78 is 13.8. The molecule has 0 aliphatic heterocycles. The summed E-state index contributed by atoms with van der Waals surface area (Å²) in [5.74, 6) is -0.606. The molecule has 1 aliphatic carbocycles. The summed E-state index contributed by atoms with van der Waals surface area (Å²) in [5, 5.41) is 13.0. The quantitative estimate of drug-likeness (QED) is 0.893. The Kier molecular flexibility index (Phi) is 5.22. The standard InChI is InChI=1S/C16H21ClFNO2/c1-2-11-6-8-16(21,9-7-11)10-19-15(20)12-4-3-5-13(17)14(12)18/h3-5,11,21H,2,6-10H2,1H3,(H,19,20). The van der Waals surface area contributed by atoms with Crippen molar-refractivity contribution in [1.82, 2.24) is 5.32 Å². The van der Waals surface area contributed by atoms with Crippen molar-refractivity contribution in [1.29, 1.82) is 0 Å². The molecule has 1 fully saturated rings. The van der Waals surface area contributed by atoms with Crippen molar-refractivity contribution in [2.24, 2.45) is 5.92 Å². The zero-order chi connectivity index (χ0) is 15.5. The van der Waals surface area contributed by atoms with Crippen LogP contribution in [-0.4, -0.2) is 23.2 Å². The summed E-state index contributed by atoms with van der Waals surface area (Å²) in [6, 6.07) is 4.31. The number of amides is 1. The van der Waals surface area contributed by atoms with E-state index in [0.29, 0.717) is 18.8 Å². The second-order valence-corrected chi connectivity index (χ2v) is 6.27. The molecule has 116 valence electrons. The Morgan fingerprint density at radius 2 is 2.14 bits per heavy atom. The van der Waals surface area contributed by atoms with Crippen LogP contribution in [0.4, 0.5) is 4.39 Å². The summed E-state index contributed by atoms with van der Waals surface area (Å²) in [7, 11) is 0. The van der Waals surface area contributed by atoms with Gasteiger partial charge in [-0.3, -0.25) is 4.79 Å². The maximum atomic E-state index is 13.8. The van der Waals surface area contributed by atoms with Crippen LogP contribution in [-0.2, 0) is 0 Å². The van der Waals surface area contributed by atoms with Crippen LogP contribution in [0.1, 0.15) is 49.4 Å². The first-order valence-corrected chi connectivity index (χ1v) is 7.77. The summed E-state index contributed by atoms with van der Waals surface area (Å²) in [5.41, 5.74) is -0.968. The molecule has 5 heteroatoms. The van der Waals surface area contributed by atoms with Gasteiger partial charge in [-0.1, -0.05) is 31.0 Å². The SMILES string of the molecule is CCC1CCC(O)(CNC(=O)c2cccc(Cl)c2F)CC1. The predicted octanol–water partition coefficient (Wildman–Crippen LogP) is 3.54. The molecule has 1 amide bonds. The zero-order valence-electron chi connectivity index (χ0n) is 12.2. The predicted molar refractivity (Wildman–Crippen MR) is 80.9 cm³/mol. The van der Waals surface area contributed by atoms with E-state index in [0.717, 1.165) is 19.3 Å². The van der Waals surface area contributed by atoms with E-state index in [4.69, 9.17) is 11.6 Å². The van der Waals surface area contributed by atoms with E-state index < -0.39 is 17.3 Å². The topological polar surface area (TPSA) is 49.3 Å². The molecule has 0 atom stereocenters. The van der Waals surface area contributed by atoms with Crippen molar-refractivity contribution >= 4 is 17.5 Å². The molecule has 1 saturated carbocycles. The van der Waals surface area contributed by atoms with Crippen molar-refractivity contribution in [3.63, 3.8) is 0 Å². The molecule has 3 nitrogen and oxygen atoms in total. The number of hydrogen-bond acceptors (Lipinski definition) is 2. The lowest BCUT2D eigenvalue weighted by molar-refractivity contribution is -0.00789. The van der Waals surface area contributed by atoms with E-state index >= 15 is 0 Å². The highest BCUT2D eigenvalue weighted by molar-refractivity contribution is 6.31. The smallest absolute Gasteiger partial charge is 0.254 e. The first-order valence-electron chi connectivity index (χ1n) is 7.40. The summed E-state index contributed by atoms with van der Waals surface area (Å²) in [6.07, 6.45) is 4.40. The number of carbonyl (C=O) groups excluding carboxylic acids is 1. The molecule has 21 heavy (non-hydrogen) atoms. The second-order valence-electron chi connectivity index (χ2n) is 5.86. The molecule has 0 radical (unpaired) electrons. The minimum atomic E-state index is -0.879. The first kappa shape index (κ1) is 16.2. The van der Waals surface area contributed by atoms with Crippen molar-refractivity contribution in [3.8, 4) is 0 Å². The van der Waals surface area contributed by atoms with Gasteiger partial charge in [0, 0.05) is 6.54 Å². The van der Waals surface area contributed by atoms with Gasteiger partial charge >= 0.3 is 0 Å². The van der Waals surface area contributed by atoms with Gasteiger partial charge in [0.1, 0.15) is 0 Å². The van der Waals surface area contributed by atoms with Crippen LogP contribution in [0.25, 0.3) is 0 Å². The van der Waals surface area contributed by atoms with Gasteiger partial charge in [-0.25, -0.2) is 4.39 Å². The zero-order valence-corrected chi connectivity index (χ0v) is 12.9. The number of nitrogens with one attached hydrogen (secondary N) is 1. The highest BCUT2D eigenvalue weighted by Gasteiger charge is 2.33. The monoisotopic (exact) mass is 313 g/mol. The minimum Gasteiger partial charge on any atom is -0.388 e. The number of hydrogen-bond donors (Lipinski definition) is 2. The number of benzene rings is 1. The Hall–Kier alpha value is -1.13. The molecular formula is C16H21ClFNO2. The lowest BCUT2D eigenvalue weighted by atomic mass is 9.78. The van der Waals surface area contributed by atoms with Gasteiger partial charge in [0.05, 0.1) is 16.2 Å². The van der Waals surface area contributed by atoms with Crippen LogP contribution in [0.3, 0.4) is 0 Å². The second kappa shape index (κ2) is 6.75. The third-order valence-corrected chi connectivity index (χ3v) is 4.68. The molecule has 1 aliphatic rings. The fourth-order valence-electron chi connectivity index (χ4n) is 2.82. The minimum absolute atomic E-state index is 0.0789. The van der Waals surface area contributed by atoms with E-state index in [1.54, 1.807) is 0 Å². The van der Waals surface area contributed by atoms with Crippen molar-refractivity contribution in [2.45, 2.75) is 44.6 Å². The summed E-state index contributed by atoms with van der Waals surface area (Å²) >= 11 is 5.66. The Balaban J connectivity index is 1.94. The highest BCUT2D eigenvalue weighted by atomic mass is 35.5. The van der Waals surface area contributed by atoms with E-state index in [9.17, 15) is 14.3 Å². The fourth-order valence-corrected chi connectivity index (χ4v) is 2.99. The Morgan fingerprint density at radius 1 is 1.48 bits per heavy atom. The van der Waals surface area contributed by atoms with Gasteiger partial charge in [0.2, 0.25) is 0 Å². The largest absolute Gasteiger partial charge is 0.388 e. The highest BCUT2D eigenvalue weighted by Crippen LogP contribution is 2.33. The van der Waals surface area contributed by atoms with Gasteiger partial charge in [-0.15, -0.1) is 0 Å². The normalized spacial score (nSPS) is 25.6. The van der Waals surface area contributed by atoms with Crippen LogP contribution < -0.4 is 5.32 Å². The molecule has 0 unspecified atom stereocenters. The number of halogens is 2. The van der Waals surface area contributed by atoms with Gasteiger partial charge in [0.15, 0.2) is 5.82 Å². The fraction of sp³-hybridized carbons (Fsp3) is 0.562. The average Bonchev–Trinajstić information content (AvgIpc) is 2.49. The van der Waals surface area contributed by atoms with Crippen LogP contribution in [0.2, 0.25) is 5.02 Å². The number of rotatable bonds is 4. The average molecular weight is 314 g/mol. The molecular weight excluding hydrogens is 293 g/mol. The van der Waals surface area contributed by atoms with Crippen LogP contribution in [0.15, 0.2) is 18.2 Å². The Bertz CT molecular complexity index is 513. The molecule has 2 rings (SSSR count). The molecule has 0 heterocycles. The van der Waals surface area contributed by atoms with E-state index in [-0.39, 0.29) is 17.1 Å². The molecule has 1 aromatic rings. The number of aliphatic hydroxyl groups is 1. The van der Waals surface area contributed by atoms with Gasteiger partial charge in [0.25, 0.3) is 5.91 Å². The molecule has 1 aromatic carbocycles. The Labute approximate surface area is 129 Å². The number of carbonyl (C=O) groups is 1. The van der Waals surface area contributed by atoms with Gasteiger partial charge < -0.3 is 10.4 Å². The molecule has 0 spiro atoms. The van der Waals surface area contributed by atoms with Crippen molar-refractivity contribution < 1.29 is 14.3 Å². The lowest BCUT2D eigenvalue weighted by Gasteiger charge is -2.35. The van der Waals surface area contributed by atoms with E-state index in [1.165, 1.54) is 18.2 Å². The van der Waals surface area contributed by atoms with Crippen molar-refractivity contribution in [3.05, 3.63) is 34.6 Å². The lowest BCUT2D eigenvalue weighted by Crippen LogP contribution is -2.45. The van der Waals surface area contributed by atoms with Crippen LogP contribution in [0, 0.1) is 11.7 Å². The van der Waals surface area contributed by atoms with E-state index in [2.05, 4.69) is 12.2 Å². The van der Waals surface area contributed by atoms with Gasteiger partial charge in [-0.05, 0) is 43.7 Å². The van der Waals surface area contributed by atoms with Crippen LogP contribution in [0.5, 0.6) is 0 Å². The molecule has 0 saturated heterocycles. The molecule has 0 aromatic heterocycles. The molecule has 0 bridgehead atoms. The summed E-state index contributed by atoms with van der Waals surface area (Å²) in [4.78, 5) is 12.0. The first-order chi connectivity index (χ1) is 9.95.